The van der Waals surface area contributed by atoms with Crippen molar-refractivity contribution in [3.05, 3.63) is 0 Å². The third-order valence-corrected chi connectivity index (χ3v) is 1.21. The highest BCUT2D eigenvalue weighted by Gasteiger charge is 2.18. The Morgan fingerprint density at radius 3 is 1.82 bits per heavy atom. The Morgan fingerprint density at radius 1 is 1.36 bits per heavy atom. The minimum Gasteiger partial charge on any atom is -0.373 e. The average Bonchev–Trinajstić information content (AvgIpc) is 2.72. The molecule has 1 fully saturated rings. The molecular formula is C8H22N2O. The van der Waals surface area contributed by atoms with Gasteiger partial charge in [0.15, 0.2) is 0 Å². The maximum Gasteiger partial charge on any atom is 0.0807 e. The summed E-state index contributed by atoms with van der Waals surface area (Å²) in [7, 11) is 3.80. The second-order valence-electron chi connectivity index (χ2n) is 2.25. The summed E-state index contributed by atoms with van der Waals surface area (Å²) in [5.74, 6) is 0. The highest BCUT2D eigenvalue weighted by molar-refractivity contribution is 4.64. The standard InChI is InChI=1S/C4H8O.C3H10N2.CH4/c1-2-4-3-5-4;1-4-3-5-2;/h4H,2-3H2,1H3;4-5H,3H2,1-2H3;1H4. The molecule has 0 spiro atoms. The van der Waals surface area contributed by atoms with E-state index in [2.05, 4.69) is 17.6 Å². The van der Waals surface area contributed by atoms with E-state index in [-0.39, 0.29) is 7.43 Å². The molecule has 3 heteroatoms. The highest BCUT2D eigenvalue weighted by Crippen LogP contribution is 2.10. The van der Waals surface area contributed by atoms with Gasteiger partial charge in [-0.1, -0.05) is 14.4 Å². The molecule has 0 aromatic rings. The van der Waals surface area contributed by atoms with E-state index in [0.29, 0.717) is 6.10 Å². The third-order valence-electron chi connectivity index (χ3n) is 1.21. The van der Waals surface area contributed by atoms with E-state index in [9.17, 15) is 0 Å². The molecule has 1 rings (SSSR count). The number of rotatable bonds is 3. The van der Waals surface area contributed by atoms with Crippen LogP contribution in [0.15, 0.2) is 0 Å². The molecule has 0 aromatic carbocycles. The Bertz CT molecular complexity index is 63.1. The third kappa shape index (κ3) is 13.0. The minimum atomic E-state index is 0. The molecule has 1 aliphatic rings. The summed E-state index contributed by atoms with van der Waals surface area (Å²) in [4.78, 5) is 0. The molecule has 0 saturated carbocycles. The van der Waals surface area contributed by atoms with Crippen molar-refractivity contribution < 1.29 is 4.74 Å². The van der Waals surface area contributed by atoms with Crippen molar-refractivity contribution in [2.24, 2.45) is 0 Å². The molecule has 70 valence electrons. The quantitative estimate of drug-likeness (QED) is 0.476. The Morgan fingerprint density at radius 2 is 1.82 bits per heavy atom. The second kappa shape index (κ2) is 9.88. The highest BCUT2D eigenvalue weighted by atomic mass is 16.6. The topological polar surface area (TPSA) is 36.6 Å². The van der Waals surface area contributed by atoms with Crippen LogP contribution in [0, 0.1) is 0 Å². The van der Waals surface area contributed by atoms with Crippen molar-refractivity contribution >= 4 is 0 Å². The maximum atomic E-state index is 4.86. The molecule has 1 aliphatic heterocycles. The Balaban J connectivity index is 0. The Kier molecular flexibility index (Phi) is 12.1. The van der Waals surface area contributed by atoms with Gasteiger partial charge in [-0.25, -0.2) is 0 Å². The first kappa shape index (κ1) is 13.5. The van der Waals surface area contributed by atoms with Gasteiger partial charge in [-0.05, 0) is 20.5 Å². The van der Waals surface area contributed by atoms with E-state index in [1.54, 1.807) is 0 Å². The summed E-state index contributed by atoms with van der Waals surface area (Å²) < 4.78 is 4.86. The van der Waals surface area contributed by atoms with Crippen molar-refractivity contribution in [2.45, 2.75) is 26.9 Å². The average molecular weight is 162 g/mol. The molecule has 2 N–H and O–H groups in total. The smallest absolute Gasteiger partial charge is 0.0807 e. The fraction of sp³-hybridized carbons (Fsp3) is 1.00. The van der Waals surface area contributed by atoms with Gasteiger partial charge < -0.3 is 15.4 Å². The molecular weight excluding hydrogens is 140 g/mol. The lowest BCUT2D eigenvalue weighted by Crippen LogP contribution is -2.21. The summed E-state index contributed by atoms with van der Waals surface area (Å²) in [6.07, 6.45) is 1.83. The first-order valence-electron chi connectivity index (χ1n) is 3.76. The van der Waals surface area contributed by atoms with Gasteiger partial charge in [0.2, 0.25) is 0 Å². The lowest BCUT2D eigenvalue weighted by molar-refractivity contribution is 0.403. The molecule has 0 amide bonds. The maximum absolute atomic E-state index is 4.86. The zero-order valence-electron chi connectivity index (χ0n) is 7.11. The summed E-state index contributed by atoms with van der Waals surface area (Å²) in [6.45, 7) is 4.04. The van der Waals surface area contributed by atoms with Gasteiger partial charge in [0, 0.05) is 6.67 Å². The predicted octanol–water partition coefficient (Wildman–Crippen LogP) is 0.814. The molecule has 0 aliphatic carbocycles. The zero-order valence-corrected chi connectivity index (χ0v) is 7.11. The second-order valence-corrected chi connectivity index (χ2v) is 2.25. The van der Waals surface area contributed by atoms with E-state index in [0.717, 1.165) is 13.3 Å². The number of epoxide rings is 1. The van der Waals surface area contributed by atoms with Crippen LogP contribution in [0.3, 0.4) is 0 Å². The fourth-order valence-electron chi connectivity index (χ4n) is 0.481. The number of hydrogen-bond acceptors (Lipinski definition) is 3. The molecule has 0 radical (unpaired) electrons. The Hall–Kier alpha value is -0.120. The van der Waals surface area contributed by atoms with Gasteiger partial charge >= 0.3 is 0 Å². The molecule has 1 atom stereocenters. The lowest BCUT2D eigenvalue weighted by Gasteiger charge is -1.88. The summed E-state index contributed by atoms with van der Waals surface area (Å²) in [5, 5.41) is 5.81. The first-order chi connectivity index (χ1) is 4.85. The van der Waals surface area contributed by atoms with Crippen molar-refractivity contribution in [3.63, 3.8) is 0 Å². The predicted molar refractivity (Wildman–Crippen MR) is 49.7 cm³/mol. The van der Waals surface area contributed by atoms with Crippen LogP contribution in [-0.2, 0) is 4.74 Å². The van der Waals surface area contributed by atoms with Crippen LogP contribution >= 0.6 is 0 Å². The van der Waals surface area contributed by atoms with Crippen molar-refractivity contribution in [1.82, 2.24) is 10.6 Å². The molecule has 1 heterocycles. The van der Waals surface area contributed by atoms with Gasteiger partial charge in [-0.3, -0.25) is 0 Å². The van der Waals surface area contributed by atoms with E-state index in [1.807, 2.05) is 14.1 Å². The van der Waals surface area contributed by atoms with Crippen molar-refractivity contribution in [1.29, 1.82) is 0 Å². The van der Waals surface area contributed by atoms with Gasteiger partial charge in [0.05, 0.1) is 12.7 Å². The lowest BCUT2D eigenvalue weighted by atomic mass is 10.4. The monoisotopic (exact) mass is 162 g/mol. The van der Waals surface area contributed by atoms with E-state index < -0.39 is 0 Å². The number of hydrogen-bond donors (Lipinski definition) is 2. The van der Waals surface area contributed by atoms with Crippen LogP contribution in [0.1, 0.15) is 20.8 Å². The van der Waals surface area contributed by atoms with Gasteiger partial charge in [-0.2, -0.15) is 0 Å². The number of nitrogens with one attached hydrogen (secondary N) is 2. The molecule has 11 heavy (non-hydrogen) atoms. The van der Waals surface area contributed by atoms with Crippen LogP contribution in [0.4, 0.5) is 0 Å². The van der Waals surface area contributed by atoms with E-state index in [1.165, 1.54) is 6.42 Å². The summed E-state index contributed by atoms with van der Waals surface area (Å²) >= 11 is 0. The molecule has 0 bridgehead atoms. The SMILES string of the molecule is C.CCC1CO1.CNCNC. The van der Waals surface area contributed by atoms with Gasteiger partial charge in [0.25, 0.3) is 0 Å². The largest absolute Gasteiger partial charge is 0.373 e. The summed E-state index contributed by atoms with van der Waals surface area (Å²) in [6, 6.07) is 0. The molecule has 0 aromatic heterocycles. The molecule has 1 saturated heterocycles. The van der Waals surface area contributed by atoms with E-state index >= 15 is 0 Å². The normalized spacial score (nSPS) is 19.4. The van der Waals surface area contributed by atoms with Crippen LogP contribution < -0.4 is 10.6 Å². The first-order valence-corrected chi connectivity index (χ1v) is 3.76. The van der Waals surface area contributed by atoms with Crippen LogP contribution in [0.2, 0.25) is 0 Å². The van der Waals surface area contributed by atoms with E-state index in [4.69, 9.17) is 4.74 Å². The Labute approximate surface area is 70.5 Å². The van der Waals surface area contributed by atoms with Crippen molar-refractivity contribution in [3.8, 4) is 0 Å². The fourth-order valence-corrected chi connectivity index (χ4v) is 0.481. The molecule has 1 unspecified atom stereocenters. The van der Waals surface area contributed by atoms with Crippen LogP contribution in [0.5, 0.6) is 0 Å². The summed E-state index contributed by atoms with van der Waals surface area (Å²) in [5.41, 5.74) is 0. The minimum absolute atomic E-state index is 0. The molecule has 3 nitrogen and oxygen atoms in total. The van der Waals surface area contributed by atoms with Crippen LogP contribution in [0.25, 0.3) is 0 Å². The van der Waals surface area contributed by atoms with Gasteiger partial charge in [0.1, 0.15) is 0 Å². The van der Waals surface area contributed by atoms with Crippen LogP contribution in [-0.4, -0.2) is 33.5 Å². The van der Waals surface area contributed by atoms with Gasteiger partial charge in [-0.15, -0.1) is 0 Å². The van der Waals surface area contributed by atoms with Crippen molar-refractivity contribution in [2.75, 3.05) is 27.4 Å². The number of ether oxygens (including phenoxy) is 1. The zero-order chi connectivity index (χ0) is 7.82.